The van der Waals surface area contributed by atoms with Crippen molar-refractivity contribution in [2.24, 2.45) is 0 Å². The molecule has 0 spiro atoms. The van der Waals surface area contributed by atoms with Crippen LogP contribution >= 0.6 is 11.3 Å². The number of hydrogen-bond donors (Lipinski definition) is 1. The van der Waals surface area contributed by atoms with Crippen molar-refractivity contribution in [2.45, 2.75) is 13.1 Å². The largest absolute Gasteiger partial charge is 0.383 e. The third-order valence-electron chi connectivity index (χ3n) is 3.34. The molecule has 1 aromatic heterocycles. The Kier molecular flexibility index (Phi) is 6.19. The highest BCUT2D eigenvalue weighted by Crippen LogP contribution is 2.13. The molecule has 2 rings (SSSR count). The lowest BCUT2D eigenvalue weighted by molar-refractivity contribution is 0.148. The minimum Gasteiger partial charge on any atom is -0.383 e. The van der Waals surface area contributed by atoms with Crippen LogP contribution in [0.3, 0.4) is 0 Å². The summed E-state index contributed by atoms with van der Waals surface area (Å²) in [7, 11) is 3.91. The Bertz CT molecular complexity index is 363. The molecule has 0 radical (unpaired) electrons. The molecule has 1 N–H and O–H groups in total. The second-order valence-corrected chi connectivity index (χ2v) is 5.92. The zero-order chi connectivity index (χ0) is 13.5. The van der Waals surface area contributed by atoms with Crippen LogP contribution in [-0.4, -0.2) is 68.3 Å². The maximum absolute atomic E-state index is 5.00. The summed E-state index contributed by atoms with van der Waals surface area (Å²) in [4.78, 5) is 9.55. The maximum Gasteiger partial charge on any atom is 0.107 e. The number of methoxy groups -OCH3 is 1. The van der Waals surface area contributed by atoms with Crippen molar-refractivity contribution in [3.63, 3.8) is 0 Å². The van der Waals surface area contributed by atoms with E-state index < -0.39 is 0 Å². The molecular weight excluding hydrogens is 260 g/mol. The summed E-state index contributed by atoms with van der Waals surface area (Å²) in [6.45, 7) is 8.09. The normalized spacial score (nSPS) is 18.0. The number of hydrogen-bond acceptors (Lipinski definition) is 6. The average Bonchev–Trinajstić information content (AvgIpc) is 2.85. The van der Waals surface area contributed by atoms with Gasteiger partial charge in [-0.2, -0.15) is 0 Å². The van der Waals surface area contributed by atoms with Crippen LogP contribution in [0.4, 0.5) is 0 Å². The molecule has 5 nitrogen and oxygen atoms in total. The molecule has 0 aliphatic carbocycles. The van der Waals surface area contributed by atoms with Gasteiger partial charge < -0.3 is 15.0 Å². The van der Waals surface area contributed by atoms with E-state index >= 15 is 0 Å². The molecular formula is C13H24N4OS. The maximum atomic E-state index is 5.00. The summed E-state index contributed by atoms with van der Waals surface area (Å²) in [6, 6.07) is 0. The smallest absolute Gasteiger partial charge is 0.107 e. The van der Waals surface area contributed by atoms with Crippen molar-refractivity contribution in [3.8, 4) is 0 Å². The molecule has 0 bridgehead atoms. The van der Waals surface area contributed by atoms with E-state index in [1.165, 1.54) is 5.01 Å². The lowest BCUT2D eigenvalue weighted by atomic mass is 10.3. The van der Waals surface area contributed by atoms with Crippen LogP contribution < -0.4 is 5.32 Å². The molecule has 0 saturated carbocycles. The highest BCUT2D eigenvalue weighted by molar-refractivity contribution is 7.09. The highest BCUT2D eigenvalue weighted by atomic mass is 32.1. The molecule has 1 aliphatic rings. The quantitative estimate of drug-likeness (QED) is 0.744. The van der Waals surface area contributed by atoms with E-state index in [0.29, 0.717) is 0 Å². The first kappa shape index (κ1) is 14.9. The number of piperazine rings is 1. The fraction of sp³-hybridized carbons (Fsp3) is 0.769. The van der Waals surface area contributed by atoms with Gasteiger partial charge in [-0.15, -0.1) is 11.3 Å². The molecule has 1 fully saturated rings. The van der Waals surface area contributed by atoms with Gasteiger partial charge in [0.2, 0.25) is 0 Å². The minimum atomic E-state index is 0.748. The second-order valence-electron chi connectivity index (χ2n) is 4.98. The molecule has 108 valence electrons. The summed E-state index contributed by atoms with van der Waals surface area (Å²) < 4.78 is 5.00. The first-order valence-electron chi connectivity index (χ1n) is 6.82. The van der Waals surface area contributed by atoms with E-state index in [-0.39, 0.29) is 0 Å². The predicted molar refractivity (Wildman–Crippen MR) is 78.5 cm³/mol. The average molecular weight is 284 g/mol. The monoisotopic (exact) mass is 284 g/mol. The van der Waals surface area contributed by atoms with Gasteiger partial charge in [0.05, 0.1) is 18.8 Å². The molecule has 0 atom stereocenters. The van der Waals surface area contributed by atoms with Crippen molar-refractivity contribution >= 4 is 11.3 Å². The van der Waals surface area contributed by atoms with E-state index in [4.69, 9.17) is 4.74 Å². The zero-order valence-electron chi connectivity index (χ0n) is 11.9. The van der Waals surface area contributed by atoms with Crippen LogP contribution in [0.15, 0.2) is 5.38 Å². The topological polar surface area (TPSA) is 40.6 Å². The molecule has 6 heteroatoms. The first-order chi connectivity index (χ1) is 9.28. The minimum absolute atomic E-state index is 0.748. The summed E-state index contributed by atoms with van der Waals surface area (Å²) in [6.07, 6.45) is 0. The van der Waals surface area contributed by atoms with Gasteiger partial charge in [0.25, 0.3) is 0 Å². The Morgan fingerprint density at radius 3 is 2.89 bits per heavy atom. The molecule has 2 heterocycles. The highest BCUT2D eigenvalue weighted by Gasteiger charge is 2.15. The van der Waals surface area contributed by atoms with Crippen molar-refractivity contribution in [2.75, 3.05) is 53.5 Å². The van der Waals surface area contributed by atoms with E-state index in [1.54, 1.807) is 18.4 Å². The third-order valence-corrected chi connectivity index (χ3v) is 4.23. The van der Waals surface area contributed by atoms with Gasteiger partial charge in [0.15, 0.2) is 0 Å². The van der Waals surface area contributed by atoms with Gasteiger partial charge in [-0.1, -0.05) is 0 Å². The Morgan fingerprint density at radius 1 is 1.37 bits per heavy atom. The number of likely N-dealkylation sites (N-methyl/N-ethyl adjacent to an activating group) is 1. The van der Waals surface area contributed by atoms with Crippen LogP contribution in [0.2, 0.25) is 0 Å². The number of nitrogens with zero attached hydrogens (tertiary/aromatic N) is 3. The molecule has 1 saturated heterocycles. The van der Waals surface area contributed by atoms with Gasteiger partial charge >= 0.3 is 0 Å². The lowest BCUT2D eigenvalue weighted by Gasteiger charge is -2.31. The standard InChI is InChI=1S/C13H24N4OS/c1-16-4-6-17(7-5-16)10-13-15-12(11-19-13)9-14-3-8-18-2/h11,14H,3-10H2,1-2H3. The van der Waals surface area contributed by atoms with Crippen LogP contribution in [0.25, 0.3) is 0 Å². The van der Waals surface area contributed by atoms with Crippen molar-refractivity contribution in [1.29, 1.82) is 0 Å². The third kappa shape index (κ3) is 5.16. The molecule has 19 heavy (non-hydrogen) atoms. The Labute approximate surface area is 119 Å². The number of nitrogens with one attached hydrogen (secondary N) is 1. The van der Waals surface area contributed by atoms with Crippen molar-refractivity contribution in [3.05, 3.63) is 16.1 Å². The van der Waals surface area contributed by atoms with E-state index in [9.17, 15) is 0 Å². The van der Waals surface area contributed by atoms with Crippen LogP contribution in [0.5, 0.6) is 0 Å². The number of aromatic nitrogens is 1. The first-order valence-corrected chi connectivity index (χ1v) is 7.69. The Hall–Kier alpha value is -0.530. The van der Waals surface area contributed by atoms with E-state index in [2.05, 4.69) is 32.5 Å². The van der Waals surface area contributed by atoms with Gasteiger partial charge in [-0.05, 0) is 7.05 Å². The number of rotatable bonds is 7. The summed E-state index contributed by atoms with van der Waals surface area (Å²) in [5, 5.41) is 6.71. The number of ether oxygens (including phenoxy) is 1. The number of thiazole rings is 1. The fourth-order valence-electron chi connectivity index (χ4n) is 2.09. The van der Waals surface area contributed by atoms with Gasteiger partial charge in [0, 0.05) is 51.8 Å². The van der Waals surface area contributed by atoms with Gasteiger partial charge in [-0.3, -0.25) is 4.90 Å². The molecule has 0 aromatic carbocycles. The predicted octanol–water partition coefficient (Wildman–Crippen LogP) is 0.627. The van der Waals surface area contributed by atoms with E-state index in [1.807, 2.05) is 0 Å². The zero-order valence-corrected chi connectivity index (χ0v) is 12.7. The van der Waals surface area contributed by atoms with Crippen molar-refractivity contribution in [1.82, 2.24) is 20.1 Å². The fourth-order valence-corrected chi connectivity index (χ4v) is 2.93. The Balaban J connectivity index is 1.71. The van der Waals surface area contributed by atoms with Crippen molar-refractivity contribution < 1.29 is 4.74 Å². The van der Waals surface area contributed by atoms with Gasteiger partial charge in [0.1, 0.15) is 5.01 Å². The van der Waals surface area contributed by atoms with E-state index in [0.717, 1.165) is 58.1 Å². The van der Waals surface area contributed by atoms with Gasteiger partial charge in [-0.25, -0.2) is 4.98 Å². The Morgan fingerprint density at radius 2 is 2.16 bits per heavy atom. The molecule has 0 unspecified atom stereocenters. The second kappa shape index (κ2) is 7.91. The van der Waals surface area contributed by atoms with Crippen LogP contribution in [-0.2, 0) is 17.8 Å². The summed E-state index contributed by atoms with van der Waals surface area (Å²) >= 11 is 1.77. The molecule has 1 aliphatic heterocycles. The SMILES string of the molecule is COCCNCc1csc(CN2CCN(C)CC2)n1. The molecule has 1 aromatic rings. The van der Waals surface area contributed by atoms with Crippen LogP contribution in [0.1, 0.15) is 10.7 Å². The molecule has 0 amide bonds. The summed E-state index contributed by atoms with van der Waals surface area (Å²) in [5.41, 5.74) is 1.14. The summed E-state index contributed by atoms with van der Waals surface area (Å²) in [5.74, 6) is 0. The lowest BCUT2D eigenvalue weighted by Crippen LogP contribution is -2.43. The van der Waals surface area contributed by atoms with Crippen LogP contribution in [0, 0.1) is 0 Å².